The highest BCUT2D eigenvalue weighted by Crippen LogP contribution is 2.23. The lowest BCUT2D eigenvalue weighted by Gasteiger charge is -2.11. The highest BCUT2D eigenvalue weighted by atomic mass is 16.5. The van der Waals surface area contributed by atoms with Gasteiger partial charge in [0.1, 0.15) is 23.0 Å². The molecule has 0 bridgehead atoms. The summed E-state index contributed by atoms with van der Waals surface area (Å²) in [5.74, 6) is 1.44. The van der Waals surface area contributed by atoms with Crippen LogP contribution in [0.15, 0.2) is 36.4 Å². The Morgan fingerprint density at radius 3 is 1.64 bits per heavy atom. The van der Waals surface area contributed by atoms with Crippen molar-refractivity contribution in [1.82, 2.24) is 10.9 Å². The van der Waals surface area contributed by atoms with Crippen molar-refractivity contribution in [3.8, 4) is 23.0 Å². The zero-order valence-corrected chi connectivity index (χ0v) is 16.3. The lowest BCUT2D eigenvalue weighted by molar-refractivity contribution is -0.121. The van der Waals surface area contributed by atoms with Gasteiger partial charge in [-0.2, -0.15) is 0 Å². The quantitative estimate of drug-likeness (QED) is 0.673. The Hall–Kier alpha value is -3.42. The summed E-state index contributed by atoms with van der Waals surface area (Å²) in [4.78, 5) is 24.3. The van der Waals surface area contributed by atoms with Crippen LogP contribution in [0.4, 0.5) is 0 Å². The Morgan fingerprint density at radius 2 is 1.18 bits per heavy atom. The van der Waals surface area contributed by atoms with E-state index in [-0.39, 0.29) is 12.3 Å². The van der Waals surface area contributed by atoms with Crippen molar-refractivity contribution < 1.29 is 28.5 Å². The molecule has 0 aromatic heterocycles. The number of hydrazine groups is 1. The Kier molecular flexibility index (Phi) is 7.50. The molecule has 0 saturated heterocycles. The normalized spacial score (nSPS) is 10.0. The van der Waals surface area contributed by atoms with Crippen LogP contribution in [-0.4, -0.2) is 40.3 Å². The summed E-state index contributed by atoms with van der Waals surface area (Å²) in [6.07, 6.45) is 0.639. The minimum atomic E-state index is -0.478. The summed E-state index contributed by atoms with van der Waals surface area (Å²) in [5, 5.41) is 0. The molecule has 28 heavy (non-hydrogen) atoms. The van der Waals surface area contributed by atoms with Crippen molar-refractivity contribution in [2.75, 3.05) is 28.4 Å². The SMILES string of the molecule is COc1cc(CCC(=O)NNC(=O)c2cc(OC)cc(OC)c2)cc(OC)c1. The average molecular weight is 388 g/mol. The first-order valence-electron chi connectivity index (χ1n) is 8.53. The van der Waals surface area contributed by atoms with Gasteiger partial charge in [0.05, 0.1) is 28.4 Å². The summed E-state index contributed by atoms with van der Waals surface area (Å²) in [5.41, 5.74) is 5.97. The predicted molar refractivity (Wildman–Crippen MR) is 103 cm³/mol. The number of hydrogen-bond donors (Lipinski definition) is 2. The smallest absolute Gasteiger partial charge is 0.269 e. The molecule has 2 N–H and O–H groups in total. The molecule has 0 aliphatic rings. The van der Waals surface area contributed by atoms with Crippen molar-refractivity contribution in [3.05, 3.63) is 47.5 Å². The molecule has 0 atom stereocenters. The Bertz CT molecular complexity index is 793. The third-order valence-electron chi connectivity index (χ3n) is 3.98. The van der Waals surface area contributed by atoms with Crippen LogP contribution in [0.1, 0.15) is 22.3 Å². The zero-order valence-electron chi connectivity index (χ0n) is 16.3. The number of carbonyl (C=O) groups excluding carboxylic acids is 2. The molecular weight excluding hydrogens is 364 g/mol. The van der Waals surface area contributed by atoms with Gasteiger partial charge in [0.15, 0.2) is 0 Å². The number of hydrogen-bond acceptors (Lipinski definition) is 6. The molecule has 8 nitrogen and oxygen atoms in total. The number of methoxy groups -OCH3 is 4. The lowest BCUT2D eigenvalue weighted by atomic mass is 10.1. The van der Waals surface area contributed by atoms with E-state index in [9.17, 15) is 9.59 Å². The fourth-order valence-electron chi connectivity index (χ4n) is 2.47. The molecule has 0 aliphatic heterocycles. The molecule has 2 amide bonds. The van der Waals surface area contributed by atoms with Crippen molar-refractivity contribution in [2.24, 2.45) is 0 Å². The maximum atomic E-state index is 12.3. The number of rotatable bonds is 8. The van der Waals surface area contributed by atoms with Crippen LogP contribution in [-0.2, 0) is 11.2 Å². The predicted octanol–water partition coefficient (Wildman–Crippen LogP) is 2.11. The van der Waals surface area contributed by atoms with E-state index >= 15 is 0 Å². The molecule has 2 aromatic rings. The van der Waals surface area contributed by atoms with E-state index in [4.69, 9.17) is 18.9 Å². The number of aryl methyl sites for hydroxylation is 1. The Balaban J connectivity index is 1.91. The second kappa shape index (κ2) is 10.1. The van der Waals surface area contributed by atoms with Gasteiger partial charge in [0.25, 0.3) is 5.91 Å². The van der Waals surface area contributed by atoms with Crippen LogP contribution in [0.5, 0.6) is 23.0 Å². The number of nitrogens with one attached hydrogen (secondary N) is 2. The maximum absolute atomic E-state index is 12.3. The minimum Gasteiger partial charge on any atom is -0.497 e. The first-order chi connectivity index (χ1) is 13.5. The second-order valence-corrected chi connectivity index (χ2v) is 5.82. The largest absolute Gasteiger partial charge is 0.497 e. The molecule has 0 spiro atoms. The summed E-state index contributed by atoms with van der Waals surface area (Å²) >= 11 is 0. The molecule has 8 heteroatoms. The van der Waals surface area contributed by atoms with Gasteiger partial charge >= 0.3 is 0 Å². The lowest BCUT2D eigenvalue weighted by Crippen LogP contribution is -2.41. The molecule has 0 saturated carbocycles. The van der Waals surface area contributed by atoms with Gasteiger partial charge in [-0.3, -0.25) is 20.4 Å². The molecule has 2 rings (SSSR count). The molecule has 0 fully saturated rings. The molecule has 0 aliphatic carbocycles. The molecule has 0 radical (unpaired) electrons. The van der Waals surface area contributed by atoms with Crippen LogP contribution < -0.4 is 29.8 Å². The van der Waals surface area contributed by atoms with Gasteiger partial charge in [-0.05, 0) is 36.2 Å². The monoisotopic (exact) mass is 388 g/mol. The van der Waals surface area contributed by atoms with E-state index < -0.39 is 5.91 Å². The fourth-order valence-corrected chi connectivity index (χ4v) is 2.47. The van der Waals surface area contributed by atoms with Crippen LogP contribution in [0.25, 0.3) is 0 Å². The molecule has 0 heterocycles. The van der Waals surface area contributed by atoms with Crippen molar-refractivity contribution >= 4 is 11.8 Å². The summed E-state index contributed by atoms with van der Waals surface area (Å²) in [7, 11) is 6.11. The van der Waals surface area contributed by atoms with Gasteiger partial charge in [0, 0.05) is 24.1 Å². The van der Waals surface area contributed by atoms with E-state index in [0.29, 0.717) is 35.0 Å². The highest BCUT2D eigenvalue weighted by molar-refractivity contribution is 5.96. The number of benzene rings is 2. The van der Waals surface area contributed by atoms with E-state index in [1.165, 1.54) is 14.2 Å². The summed E-state index contributed by atoms with van der Waals surface area (Å²) < 4.78 is 20.7. The van der Waals surface area contributed by atoms with E-state index in [2.05, 4.69) is 10.9 Å². The van der Waals surface area contributed by atoms with Gasteiger partial charge in [-0.1, -0.05) is 0 Å². The Morgan fingerprint density at radius 1 is 0.714 bits per heavy atom. The standard InChI is InChI=1S/C20H24N2O6/c1-25-15-7-13(8-16(11-15)26-2)5-6-19(23)21-22-20(24)14-9-17(27-3)12-18(10-14)28-4/h7-12H,5-6H2,1-4H3,(H,21,23)(H,22,24). The third kappa shape index (κ3) is 5.80. The first kappa shape index (κ1) is 20.9. The van der Waals surface area contributed by atoms with Gasteiger partial charge in [-0.15, -0.1) is 0 Å². The molecular formula is C20H24N2O6. The zero-order chi connectivity index (χ0) is 20.5. The maximum Gasteiger partial charge on any atom is 0.269 e. The van der Waals surface area contributed by atoms with Crippen LogP contribution in [0.3, 0.4) is 0 Å². The van der Waals surface area contributed by atoms with E-state index in [1.54, 1.807) is 38.5 Å². The summed E-state index contributed by atoms with van der Waals surface area (Å²) in [6.45, 7) is 0. The average Bonchev–Trinajstić information content (AvgIpc) is 2.74. The van der Waals surface area contributed by atoms with Gasteiger partial charge < -0.3 is 18.9 Å². The first-order valence-corrected chi connectivity index (χ1v) is 8.53. The van der Waals surface area contributed by atoms with Crippen molar-refractivity contribution in [1.29, 1.82) is 0 Å². The second-order valence-electron chi connectivity index (χ2n) is 5.82. The van der Waals surface area contributed by atoms with Gasteiger partial charge in [-0.25, -0.2) is 0 Å². The highest BCUT2D eigenvalue weighted by Gasteiger charge is 2.11. The van der Waals surface area contributed by atoms with Crippen molar-refractivity contribution in [2.45, 2.75) is 12.8 Å². The van der Waals surface area contributed by atoms with Gasteiger partial charge in [0.2, 0.25) is 5.91 Å². The van der Waals surface area contributed by atoms with Crippen LogP contribution in [0.2, 0.25) is 0 Å². The number of ether oxygens (including phenoxy) is 4. The molecule has 0 unspecified atom stereocenters. The molecule has 2 aromatic carbocycles. The minimum absolute atomic E-state index is 0.179. The third-order valence-corrected chi connectivity index (χ3v) is 3.98. The van der Waals surface area contributed by atoms with Crippen LogP contribution >= 0.6 is 0 Å². The topological polar surface area (TPSA) is 95.1 Å². The van der Waals surface area contributed by atoms with E-state index in [1.807, 2.05) is 12.1 Å². The summed E-state index contributed by atoms with van der Waals surface area (Å²) in [6, 6.07) is 10.2. The van der Waals surface area contributed by atoms with Crippen molar-refractivity contribution in [3.63, 3.8) is 0 Å². The molecule has 150 valence electrons. The van der Waals surface area contributed by atoms with E-state index in [0.717, 1.165) is 5.56 Å². The fraction of sp³-hybridized carbons (Fsp3) is 0.300. The number of carbonyl (C=O) groups is 2. The van der Waals surface area contributed by atoms with Crippen LogP contribution in [0, 0.1) is 0 Å². The number of amides is 2. The Labute approximate surface area is 163 Å².